The van der Waals surface area contributed by atoms with Crippen LogP contribution < -0.4 is 0 Å². The molecule has 1 atom stereocenters. The largest absolute Gasteiger partial charge is 0.234 e. The Hall–Kier alpha value is -2.22. The summed E-state index contributed by atoms with van der Waals surface area (Å²) >= 11 is 0. The molecule has 27 heavy (non-hydrogen) atoms. The van der Waals surface area contributed by atoms with Crippen molar-refractivity contribution in [1.82, 2.24) is 0 Å². The lowest BCUT2D eigenvalue weighted by Gasteiger charge is -2.26. The predicted octanol–water partition coefficient (Wildman–Crippen LogP) is 7.84. The number of hydrogen-bond donors (Lipinski definition) is 0. The Morgan fingerprint density at radius 2 is 1.78 bits per heavy atom. The highest BCUT2D eigenvalue weighted by Crippen LogP contribution is 2.41. The molecule has 0 N–H and O–H groups in total. The maximum absolute atomic E-state index is 15.6. The van der Waals surface area contributed by atoms with Crippen molar-refractivity contribution in [1.29, 1.82) is 0 Å². The minimum atomic E-state index is -1.80. The second-order valence-electron chi connectivity index (χ2n) is 7.41. The van der Waals surface area contributed by atoms with Crippen molar-refractivity contribution in [3.63, 3.8) is 0 Å². The van der Waals surface area contributed by atoms with Crippen LogP contribution in [0.4, 0.5) is 8.78 Å². The van der Waals surface area contributed by atoms with Gasteiger partial charge in [-0.25, -0.2) is 8.78 Å². The van der Waals surface area contributed by atoms with Crippen molar-refractivity contribution >= 4 is 0 Å². The quantitative estimate of drug-likeness (QED) is 0.417. The minimum absolute atomic E-state index is 0.161. The summed E-state index contributed by atoms with van der Waals surface area (Å²) in [6.07, 6.45) is 11.5. The third kappa shape index (κ3) is 4.94. The molecule has 1 aliphatic carbocycles. The second-order valence-corrected chi connectivity index (χ2v) is 7.41. The molecule has 0 heterocycles. The first-order valence-electron chi connectivity index (χ1n) is 10.0. The number of rotatable bonds is 8. The summed E-state index contributed by atoms with van der Waals surface area (Å²) in [4.78, 5) is 0. The van der Waals surface area contributed by atoms with Crippen molar-refractivity contribution in [2.24, 2.45) is 0 Å². The molecule has 0 amide bonds. The summed E-state index contributed by atoms with van der Waals surface area (Å²) in [7, 11) is 0. The summed E-state index contributed by atoms with van der Waals surface area (Å²) in [6, 6.07) is 15.8. The van der Waals surface area contributed by atoms with Gasteiger partial charge < -0.3 is 0 Å². The van der Waals surface area contributed by atoms with Crippen molar-refractivity contribution < 1.29 is 8.78 Å². The molecule has 1 unspecified atom stereocenters. The number of benzene rings is 2. The van der Waals surface area contributed by atoms with E-state index in [1.54, 1.807) is 12.1 Å². The molecule has 0 aromatic heterocycles. The van der Waals surface area contributed by atoms with Gasteiger partial charge in [0.25, 0.3) is 0 Å². The van der Waals surface area contributed by atoms with Crippen LogP contribution in [0.15, 0.2) is 72.6 Å². The molecule has 0 spiro atoms. The first-order valence-corrected chi connectivity index (χ1v) is 10.0. The van der Waals surface area contributed by atoms with E-state index in [4.69, 9.17) is 0 Å². The molecule has 1 aliphatic rings. The average Bonchev–Trinajstić information content (AvgIpc) is 2.68. The van der Waals surface area contributed by atoms with E-state index in [0.717, 1.165) is 23.6 Å². The van der Waals surface area contributed by atoms with E-state index in [9.17, 15) is 4.39 Å². The molecule has 0 saturated heterocycles. The molecule has 0 fully saturated rings. The monoisotopic (exact) mass is 366 g/mol. The fourth-order valence-corrected chi connectivity index (χ4v) is 3.78. The van der Waals surface area contributed by atoms with Crippen LogP contribution in [0.25, 0.3) is 11.1 Å². The number of unbranched alkanes of at least 4 members (excludes halogenated alkanes) is 4. The molecule has 3 rings (SSSR count). The van der Waals surface area contributed by atoms with Crippen molar-refractivity contribution in [2.45, 2.75) is 57.5 Å². The van der Waals surface area contributed by atoms with Crippen molar-refractivity contribution in [3.05, 3.63) is 83.7 Å². The molecule has 142 valence electrons. The molecule has 0 nitrogen and oxygen atoms in total. The standard InChI is InChI=1S/C25H28F2/c1-2-3-4-5-6-11-20-12-9-13-21(18-20)23-15-7-8-16-24(23)25(27)17-10-14-22(26)19-25/h7-10,12-16,18-19H,2-6,11,17H2,1H3. The predicted molar refractivity (Wildman–Crippen MR) is 110 cm³/mol. The molecular weight excluding hydrogens is 338 g/mol. The summed E-state index contributed by atoms with van der Waals surface area (Å²) in [5.41, 5.74) is 1.84. The van der Waals surface area contributed by atoms with E-state index in [2.05, 4.69) is 19.1 Å². The Balaban J connectivity index is 1.83. The maximum atomic E-state index is 15.6. The first-order chi connectivity index (χ1) is 13.1. The van der Waals surface area contributed by atoms with Gasteiger partial charge in [-0.3, -0.25) is 0 Å². The van der Waals surface area contributed by atoms with Gasteiger partial charge in [0.1, 0.15) is 5.83 Å². The molecule has 2 aromatic carbocycles. The smallest absolute Gasteiger partial charge is 0.161 e. The fourth-order valence-electron chi connectivity index (χ4n) is 3.78. The Bertz CT molecular complexity index is 819. The van der Waals surface area contributed by atoms with Gasteiger partial charge in [-0.15, -0.1) is 0 Å². The molecule has 0 bridgehead atoms. The zero-order valence-corrected chi connectivity index (χ0v) is 16.1. The molecule has 0 aliphatic heterocycles. The SMILES string of the molecule is CCCCCCCc1cccc(-c2ccccc2C2(F)C=C(F)C=CC2)c1. The molecule has 0 radical (unpaired) electrons. The molecule has 2 aromatic rings. The highest BCUT2D eigenvalue weighted by atomic mass is 19.1. The van der Waals surface area contributed by atoms with Gasteiger partial charge in [0.15, 0.2) is 5.67 Å². The number of allylic oxidation sites excluding steroid dienone is 4. The fraction of sp³-hybridized carbons (Fsp3) is 0.360. The van der Waals surface area contributed by atoms with Crippen LogP contribution in [-0.2, 0) is 12.1 Å². The number of hydrogen-bond acceptors (Lipinski definition) is 0. The number of alkyl halides is 1. The third-order valence-electron chi connectivity index (χ3n) is 5.24. The number of aryl methyl sites for hydroxylation is 1. The normalized spacial score (nSPS) is 19.1. The summed E-state index contributed by atoms with van der Waals surface area (Å²) in [5, 5.41) is 0. The van der Waals surface area contributed by atoms with Gasteiger partial charge >= 0.3 is 0 Å². The Morgan fingerprint density at radius 1 is 0.963 bits per heavy atom. The summed E-state index contributed by atoms with van der Waals surface area (Å²) in [6.45, 7) is 2.22. The van der Waals surface area contributed by atoms with E-state index < -0.39 is 11.5 Å². The van der Waals surface area contributed by atoms with E-state index in [-0.39, 0.29) is 6.42 Å². The summed E-state index contributed by atoms with van der Waals surface area (Å²) in [5.74, 6) is -0.514. The topological polar surface area (TPSA) is 0 Å². The van der Waals surface area contributed by atoms with Gasteiger partial charge in [-0.05, 0) is 41.7 Å². The lowest BCUT2D eigenvalue weighted by Crippen LogP contribution is -2.19. The second kappa shape index (κ2) is 9.12. The van der Waals surface area contributed by atoms with E-state index in [0.29, 0.717) is 5.56 Å². The highest BCUT2D eigenvalue weighted by Gasteiger charge is 2.33. The van der Waals surface area contributed by atoms with Crippen LogP contribution in [0.2, 0.25) is 0 Å². The highest BCUT2D eigenvalue weighted by molar-refractivity contribution is 5.70. The van der Waals surface area contributed by atoms with Crippen LogP contribution in [-0.4, -0.2) is 0 Å². The maximum Gasteiger partial charge on any atom is 0.161 e. The van der Waals surface area contributed by atoms with Crippen LogP contribution in [0.3, 0.4) is 0 Å². The third-order valence-corrected chi connectivity index (χ3v) is 5.24. The van der Waals surface area contributed by atoms with Gasteiger partial charge in [0.05, 0.1) is 0 Å². The lowest BCUT2D eigenvalue weighted by molar-refractivity contribution is 0.231. The van der Waals surface area contributed by atoms with E-state index in [1.807, 2.05) is 30.3 Å². The Labute approximate surface area is 161 Å². The van der Waals surface area contributed by atoms with Crippen LogP contribution in [0.1, 0.15) is 56.6 Å². The molecule has 2 heteroatoms. The van der Waals surface area contributed by atoms with Crippen molar-refractivity contribution in [2.75, 3.05) is 0 Å². The zero-order valence-electron chi connectivity index (χ0n) is 16.1. The van der Waals surface area contributed by atoms with Crippen LogP contribution >= 0.6 is 0 Å². The van der Waals surface area contributed by atoms with Crippen molar-refractivity contribution in [3.8, 4) is 11.1 Å². The van der Waals surface area contributed by atoms with Gasteiger partial charge in [-0.1, -0.05) is 87.2 Å². The van der Waals surface area contributed by atoms with Gasteiger partial charge in [0.2, 0.25) is 0 Å². The average molecular weight is 366 g/mol. The molecule has 0 saturated carbocycles. The Kier molecular flexibility index (Phi) is 6.60. The Morgan fingerprint density at radius 3 is 2.59 bits per heavy atom. The molecular formula is C25H28F2. The van der Waals surface area contributed by atoms with Crippen LogP contribution in [0.5, 0.6) is 0 Å². The van der Waals surface area contributed by atoms with Crippen LogP contribution in [0, 0.1) is 0 Å². The van der Waals surface area contributed by atoms with E-state index in [1.165, 1.54) is 43.7 Å². The lowest BCUT2D eigenvalue weighted by atomic mass is 9.83. The van der Waals surface area contributed by atoms with E-state index >= 15 is 4.39 Å². The van der Waals surface area contributed by atoms with Gasteiger partial charge in [-0.2, -0.15) is 0 Å². The first kappa shape index (κ1) is 19.5. The summed E-state index contributed by atoms with van der Waals surface area (Å²) < 4.78 is 29.3. The minimum Gasteiger partial charge on any atom is -0.234 e. The zero-order chi connectivity index (χ0) is 19.1. The number of halogens is 2. The van der Waals surface area contributed by atoms with Gasteiger partial charge in [0, 0.05) is 12.0 Å².